The number of hydrogen-bond acceptors (Lipinski definition) is 2. The molecule has 2 aromatic rings. The van der Waals surface area contributed by atoms with Crippen LogP contribution in [0.15, 0.2) is 48.5 Å². The summed E-state index contributed by atoms with van der Waals surface area (Å²) in [6, 6.07) is 17.2. The summed E-state index contributed by atoms with van der Waals surface area (Å²) in [5, 5.41) is 0. The Bertz CT molecular complexity index is 540. The van der Waals surface area contributed by atoms with E-state index < -0.39 is 0 Å². The molecule has 0 bridgehead atoms. The Labute approximate surface area is 121 Å². The molecule has 3 rings (SSSR count). The van der Waals surface area contributed by atoms with Crippen LogP contribution in [0.5, 0.6) is 0 Å². The summed E-state index contributed by atoms with van der Waals surface area (Å²) in [6.07, 6.45) is 2.50. The number of aryl methyl sites for hydroxylation is 1. The van der Waals surface area contributed by atoms with E-state index in [2.05, 4.69) is 54.3 Å². The van der Waals surface area contributed by atoms with Crippen molar-refractivity contribution in [3.05, 3.63) is 59.7 Å². The minimum Gasteiger partial charge on any atom is -0.399 e. The molecule has 1 saturated heterocycles. The van der Waals surface area contributed by atoms with E-state index in [9.17, 15) is 0 Å². The third-order valence-corrected chi connectivity index (χ3v) is 4.17. The molecule has 20 heavy (non-hydrogen) atoms. The molecule has 1 aliphatic rings. The topological polar surface area (TPSA) is 29.3 Å². The van der Waals surface area contributed by atoms with E-state index in [1.165, 1.54) is 29.7 Å². The molecule has 1 unspecified atom stereocenters. The van der Waals surface area contributed by atoms with Crippen LogP contribution in [0.3, 0.4) is 0 Å². The predicted octanol–water partition coefficient (Wildman–Crippen LogP) is 3.96. The largest absolute Gasteiger partial charge is 0.399 e. The van der Waals surface area contributed by atoms with Crippen LogP contribution in [0, 0.1) is 6.92 Å². The minimum atomic E-state index is 0.591. The summed E-state index contributed by atoms with van der Waals surface area (Å²) in [7, 11) is 0. The highest BCUT2D eigenvalue weighted by Gasteiger charge is 2.21. The van der Waals surface area contributed by atoms with E-state index in [1.807, 2.05) is 6.07 Å². The maximum atomic E-state index is 5.92. The maximum Gasteiger partial charge on any atom is 0.0369 e. The molecule has 1 atom stereocenters. The average molecular weight is 266 g/mol. The van der Waals surface area contributed by atoms with Crippen molar-refractivity contribution in [2.45, 2.75) is 25.7 Å². The van der Waals surface area contributed by atoms with Crippen LogP contribution in [0.4, 0.5) is 11.4 Å². The summed E-state index contributed by atoms with van der Waals surface area (Å²) in [6.45, 7) is 4.40. The van der Waals surface area contributed by atoms with Crippen molar-refractivity contribution >= 4 is 11.4 Å². The summed E-state index contributed by atoms with van der Waals surface area (Å²) in [4.78, 5) is 2.50. The molecule has 0 saturated carbocycles. The van der Waals surface area contributed by atoms with Crippen molar-refractivity contribution in [2.75, 3.05) is 23.7 Å². The summed E-state index contributed by atoms with van der Waals surface area (Å²) in [5.74, 6) is 0.591. The summed E-state index contributed by atoms with van der Waals surface area (Å²) in [5.41, 5.74) is 10.8. The second-order valence-electron chi connectivity index (χ2n) is 5.79. The van der Waals surface area contributed by atoms with Crippen LogP contribution >= 0.6 is 0 Å². The number of hydrogen-bond donors (Lipinski definition) is 1. The van der Waals surface area contributed by atoms with E-state index in [1.54, 1.807) is 0 Å². The van der Waals surface area contributed by atoms with Crippen molar-refractivity contribution < 1.29 is 0 Å². The lowest BCUT2D eigenvalue weighted by Crippen LogP contribution is -2.34. The van der Waals surface area contributed by atoms with Gasteiger partial charge in [0.15, 0.2) is 0 Å². The molecule has 0 aliphatic carbocycles. The van der Waals surface area contributed by atoms with Gasteiger partial charge >= 0.3 is 0 Å². The van der Waals surface area contributed by atoms with Crippen molar-refractivity contribution in [2.24, 2.45) is 0 Å². The SMILES string of the molecule is Cc1cccc(N2CCCC(c3cccc(N)c3)C2)c1. The lowest BCUT2D eigenvalue weighted by atomic mass is 9.90. The van der Waals surface area contributed by atoms with E-state index in [-0.39, 0.29) is 0 Å². The number of anilines is 2. The van der Waals surface area contributed by atoms with E-state index >= 15 is 0 Å². The second kappa shape index (κ2) is 5.58. The molecule has 1 fully saturated rings. The fourth-order valence-electron chi connectivity index (χ4n) is 3.12. The number of nitrogens with two attached hydrogens (primary N) is 1. The van der Waals surface area contributed by atoms with Crippen LogP contribution in [0.25, 0.3) is 0 Å². The van der Waals surface area contributed by atoms with Crippen molar-refractivity contribution in [3.63, 3.8) is 0 Å². The summed E-state index contributed by atoms with van der Waals surface area (Å²) >= 11 is 0. The Kier molecular flexibility index (Phi) is 3.64. The van der Waals surface area contributed by atoms with Gasteiger partial charge in [0.2, 0.25) is 0 Å². The molecule has 2 nitrogen and oxygen atoms in total. The zero-order valence-corrected chi connectivity index (χ0v) is 12.0. The van der Waals surface area contributed by atoms with Gasteiger partial charge < -0.3 is 10.6 Å². The first kappa shape index (κ1) is 13.0. The van der Waals surface area contributed by atoms with Crippen LogP contribution < -0.4 is 10.6 Å². The first-order chi connectivity index (χ1) is 9.72. The molecule has 1 heterocycles. The Morgan fingerprint density at radius 3 is 2.75 bits per heavy atom. The van der Waals surface area contributed by atoms with Crippen LogP contribution in [-0.4, -0.2) is 13.1 Å². The molecule has 0 spiro atoms. The van der Waals surface area contributed by atoms with Crippen LogP contribution in [-0.2, 0) is 0 Å². The van der Waals surface area contributed by atoms with Crippen molar-refractivity contribution in [1.82, 2.24) is 0 Å². The zero-order chi connectivity index (χ0) is 13.9. The van der Waals surface area contributed by atoms with Gasteiger partial charge in [-0.05, 0) is 55.2 Å². The Morgan fingerprint density at radius 1 is 1.10 bits per heavy atom. The molecular weight excluding hydrogens is 244 g/mol. The van der Waals surface area contributed by atoms with Gasteiger partial charge in [-0.3, -0.25) is 0 Å². The molecule has 0 aromatic heterocycles. The number of nitrogens with zero attached hydrogens (tertiary/aromatic N) is 1. The number of piperidine rings is 1. The maximum absolute atomic E-state index is 5.92. The molecule has 2 aromatic carbocycles. The van der Waals surface area contributed by atoms with Crippen molar-refractivity contribution in [1.29, 1.82) is 0 Å². The van der Waals surface area contributed by atoms with Gasteiger partial charge in [0.25, 0.3) is 0 Å². The van der Waals surface area contributed by atoms with Gasteiger partial charge in [-0.15, -0.1) is 0 Å². The monoisotopic (exact) mass is 266 g/mol. The third kappa shape index (κ3) is 2.79. The van der Waals surface area contributed by atoms with Crippen LogP contribution in [0.2, 0.25) is 0 Å². The molecule has 0 amide bonds. The number of nitrogen functional groups attached to an aromatic ring is 1. The lowest BCUT2D eigenvalue weighted by Gasteiger charge is -2.35. The van der Waals surface area contributed by atoms with Crippen LogP contribution in [0.1, 0.15) is 29.9 Å². The second-order valence-corrected chi connectivity index (χ2v) is 5.79. The van der Waals surface area contributed by atoms with E-state index in [4.69, 9.17) is 5.73 Å². The van der Waals surface area contributed by atoms with E-state index in [0.717, 1.165) is 18.8 Å². The molecule has 2 N–H and O–H groups in total. The Hall–Kier alpha value is -1.96. The first-order valence-corrected chi connectivity index (χ1v) is 7.39. The molecule has 0 radical (unpaired) electrons. The summed E-state index contributed by atoms with van der Waals surface area (Å²) < 4.78 is 0. The van der Waals surface area contributed by atoms with Gasteiger partial charge in [0, 0.05) is 30.4 Å². The van der Waals surface area contributed by atoms with E-state index in [0.29, 0.717) is 5.92 Å². The number of rotatable bonds is 2. The average Bonchev–Trinajstić information content (AvgIpc) is 2.47. The highest BCUT2D eigenvalue weighted by atomic mass is 15.1. The molecular formula is C18H22N2. The number of benzene rings is 2. The fourth-order valence-corrected chi connectivity index (χ4v) is 3.12. The predicted molar refractivity (Wildman–Crippen MR) is 86.2 cm³/mol. The normalized spacial score (nSPS) is 19.1. The van der Waals surface area contributed by atoms with Gasteiger partial charge in [0.1, 0.15) is 0 Å². The Balaban J connectivity index is 1.80. The standard InChI is InChI=1S/C18H22N2/c1-14-5-2-9-18(11-14)20-10-4-7-16(13-20)15-6-3-8-17(19)12-15/h2-3,5-6,8-9,11-12,16H,4,7,10,13,19H2,1H3. The fraction of sp³-hybridized carbons (Fsp3) is 0.333. The van der Waals surface area contributed by atoms with Gasteiger partial charge in [-0.2, -0.15) is 0 Å². The Morgan fingerprint density at radius 2 is 1.95 bits per heavy atom. The third-order valence-electron chi connectivity index (χ3n) is 4.17. The minimum absolute atomic E-state index is 0.591. The zero-order valence-electron chi connectivity index (χ0n) is 12.0. The van der Waals surface area contributed by atoms with Gasteiger partial charge in [-0.25, -0.2) is 0 Å². The highest BCUT2D eigenvalue weighted by Crippen LogP contribution is 2.30. The molecule has 2 heteroatoms. The smallest absolute Gasteiger partial charge is 0.0369 e. The molecule has 104 valence electrons. The highest BCUT2D eigenvalue weighted by molar-refractivity contribution is 5.50. The first-order valence-electron chi connectivity index (χ1n) is 7.39. The lowest BCUT2D eigenvalue weighted by molar-refractivity contribution is 0.510. The van der Waals surface area contributed by atoms with Gasteiger partial charge in [0.05, 0.1) is 0 Å². The quantitative estimate of drug-likeness (QED) is 0.834. The van der Waals surface area contributed by atoms with Gasteiger partial charge in [-0.1, -0.05) is 24.3 Å². The molecule has 1 aliphatic heterocycles. The van der Waals surface area contributed by atoms with Crippen molar-refractivity contribution in [3.8, 4) is 0 Å².